The van der Waals surface area contributed by atoms with Gasteiger partial charge >= 0.3 is 0 Å². The summed E-state index contributed by atoms with van der Waals surface area (Å²) in [4.78, 5) is 14.2. The van der Waals surface area contributed by atoms with Crippen LogP contribution in [0.5, 0.6) is 0 Å². The lowest BCUT2D eigenvalue weighted by molar-refractivity contribution is -0.117. The zero-order chi connectivity index (χ0) is 15.6. The number of carbonyl (C=O) groups excluding carboxylic acids is 1. The van der Waals surface area contributed by atoms with E-state index in [0.717, 1.165) is 19.5 Å². The third kappa shape index (κ3) is 4.17. The van der Waals surface area contributed by atoms with E-state index in [0.29, 0.717) is 23.8 Å². The molecule has 2 rings (SSSR count). The second-order valence-corrected chi connectivity index (χ2v) is 6.87. The molecule has 1 aliphatic heterocycles. The molecule has 1 aromatic rings. The minimum absolute atomic E-state index is 0.151. The Bertz CT molecular complexity index is 525. The van der Waals surface area contributed by atoms with Crippen LogP contribution in [-0.4, -0.2) is 30.4 Å². The molecule has 1 fully saturated rings. The fourth-order valence-electron chi connectivity index (χ4n) is 2.71. The van der Waals surface area contributed by atoms with Gasteiger partial charge in [-0.05, 0) is 42.5 Å². The maximum Gasteiger partial charge on any atom is 0.238 e. The summed E-state index contributed by atoms with van der Waals surface area (Å²) in [7, 11) is 0. The number of hydrogen-bond donors (Lipinski definition) is 2. The Hall–Kier alpha value is -1.62. The van der Waals surface area contributed by atoms with Gasteiger partial charge in [-0.15, -0.1) is 0 Å². The predicted molar refractivity (Wildman–Crippen MR) is 83.4 cm³/mol. The molecule has 1 amide bonds. The standard InChI is InChI=1S/C16H24FN3O/c1-16(2,3)11-6-7-20(9-11)10-15(21)19-14-8-12(17)4-5-13(14)18/h4-5,8,11H,6-7,9-10,18H2,1-3H3,(H,19,21). The summed E-state index contributed by atoms with van der Waals surface area (Å²) in [6.07, 6.45) is 1.11. The Kier molecular flexibility index (Phi) is 4.52. The van der Waals surface area contributed by atoms with Crippen LogP contribution < -0.4 is 11.1 Å². The van der Waals surface area contributed by atoms with Crippen LogP contribution in [-0.2, 0) is 4.79 Å². The lowest BCUT2D eigenvalue weighted by Crippen LogP contribution is -2.33. The topological polar surface area (TPSA) is 58.4 Å². The monoisotopic (exact) mass is 293 g/mol. The maximum absolute atomic E-state index is 13.2. The molecule has 0 aromatic heterocycles. The van der Waals surface area contributed by atoms with E-state index < -0.39 is 5.82 Å². The minimum Gasteiger partial charge on any atom is -0.397 e. The van der Waals surface area contributed by atoms with Gasteiger partial charge in [0, 0.05) is 6.54 Å². The Morgan fingerprint density at radius 2 is 2.19 bits per heavy atom. The lowest BCUT2D eigenvalue weighted by Gasteiger charge is -2.27. The number of carbonyl (C=O) groups is 1. The number of amides is 1. The maximum atomic E-state index is 13.2. The zero-order valence-corrected chi connectivity index (χ0v) is 12.9. The van der Waals surface area contributed by atoms with Crippen molar-refractivity contribution in [2.75, 3.05) is 30.7 Å². The van der Waals surface area contributed by atoms with Gasteiger partial charge in [0.2, 0.25) is 5.91 Å². The van der Waals surface area contributed by atoms with Crippen molar-refractivity contribution in [2.45, 2.75) is 27.2 Å². The molecule has 0 radical (unpaired) electrons. The Morgan fingerprint density at radius 3 is 2.81 bits per heavy atom. The molecule has 1 aromatic carbocycles. The SMILES string of the molecule is CC(C)(C)C1CCN(CC(=O)Nc2cc(F)ccc2N)C1. The summed E-state index contributed by atoms with van der Waals surface area (Å²) in [6, 6.07) is 3.98. The number of benzene rings is 1. The molecule has 1 heterocycles. The molecule has 4 nitrogen and oxygen atoms in total. The average Bonchev–Trinajstić information content (AvgIpc) is 2.82. The van der Waals surface area contributed by atoms with E-state index in [1.807, 2.05) is 0 Å². The second-order valence-electron chi connectivity index (χ2n) is 6.87. The Morgan fingerprint density at radius 1 is 1.48 bits per heavy atom. The number of nitrogens with one attached hydrogen (secondary N) is 1. The highest BCUT2D eigenvalue weighted by Crippen LogP contribution is 2.33. The number of nitrogen functional groups attached to an aromatic ring is 1. The van der Waals surface area contributed by atoms with E-state index >= 15 is 0 Å². The van der Waals surface area contributed by atoms with Crippen molar-refractivity contribution >= 4 is 17.3 Å². The highest BCUT2D eigenvalue weighted by Gasteiger charge is 2.32. The van der Waals surface area contributed by atoms with Crippen molar-refractivity contribution < 1.29 is 9.18 Å². The molecule has 1 aliphatic rings. The Balaban J connectivity index is 1.90. The third-order valence-electron chi connectivity index (χ3n) is 4.15. The number of hydrogen-bond acceptors (Lipinski definition) is 3. The molecule has 21 heavy (non-hydrogen) atoms. The molecule has 0 saturated carbocycles. The first kappa shape index (κ1) is 15.8. The van der Waals surface area contributed by atoms with Gasteiger partial charge in [0.1, 0.15) is 5.82 Å². The molecule has 1 unspecified atom stereocenters. The summed E-state index contributed by atoms with van der Waals surface area (Å²) in [5, 5.41) is 2.69. The summed E-state index contributed by atoms with van der Waals surface area (Å²) in [5.74, 6) is 0.0415. The van der Waals surface area contributed by atoms with Crippen LogP contribution in [0, 0.1) is 17.2 Å². The van der Waals surface area contributed by atoms with Crippen LogP contribution in [0.4, 0.5) is 15.8 Å². The van der Waals surface area contributed by atoms with Gasteiger partial charge in [-0.1, -0.05) is 20.8 Å². The van der Waals surface area contributed by atoms with Crippen LogP contribution in [0.1, 0.15) is 27.2 Å². The van der Waals surface area contributed by atoms with E-state index in [4.69, 9.17) is 5.73 Å². The number of nitrogens with two attached hydrogens (primary N) is 1. The van der Waals surface area contributed by atoms with Gasteiger partial charge in [-0.2, -0.15) is 0 Å². The summed E-state index contributed by atoms with van der Waals surface area (Å²) in [5.41, 5.74) is 6.71. The summed E-state index contributed by atoms with van der Waals surface area (Å²) >= 11 is 0. The van der Waals surface area contributed by atoms with Gasteiger partial charge in [0.25, 0.3) is 0 Å². The zero-order valence-electron chi connectivity index (χ0n) is 12.9. The van der Waals surface area contributed by atoms with Crippen LogP contribution >= 0.6 is 0 Å². The van der Waals surface area contributed by atoms with Crippen molar-refractivity contribution in [2.24, 2.45) is 11.3 Å². The summed E-state index contributed by atoms with van der Waals surface area (Å²) < 4.78 is 13.2. The molecule has 0 aliphatic carbocycles. The minimum atomic E-state index is -0.409. The third-order valence-corrected chi connectivity index (χ3v) is 4.15. The van der Waals surface area contributed by atoms with E-state index in [1.165, 1.54) is 18.2 Å². The normalized spacial score (nSPS) is 19.7. The van der Waals surface area contributed by atoms with Crippen molar-refractivity contribution in [3.8, 4) is 0 Å². The van der Waals surface area contributed by atoms with E-state index in [-0.39, 0.29) is 11.3 Å². The quantitative estimate of drug-likeness (QED) is 0.842. The molecule has 0 bridgehead atoms. The highest BCUT2D eigenvalue weighted by molar-refractivity contribution is 5.95. The molecule has 116 valence electrons. The fraction of sp³-hybridized carbons (Fsp3) is 0.562. The smallest absolute Gasteiger partial charge is 0.238 e. The number of likely N-dealkylation sites (tertiary alicyclic amines) is 1. The van der Waals surface area contributed by atoms with Crippen molar-refractivity contribution in [3.05, 3.63) is 24.0 Å². The lowest BCUT2D eigenvalue weighted by atomic mass is 9.80. The van der Waals surface area contributed by atoms with Gasteiger partial charge in [-0.3, -0.25) is 9.69 Å². The van der Waals surface area contributed by atoms with Crippen LogP contribution in [0.15, 0.2) is 18.2 Å². The van der Waals surface area contributed by atoms with Gasteiger partial charge in [0.15, 0.2) is 0 Å². The predicted octanol–water partition coefficient (Wildman–Crippen LogP) is 2.71. The van der Waals surface area contributed by atoms with Gasteiger partial charge in [0.05, 0.1) is 17.9 Å². The molecule has 3 N–H and O–H groups in total. The van der Waals surface area contributed by atoms with Gasteiger partial charge in [-0.25, -0.2) is 4.39 Å². The fourth-order valence-corrected chi connectivity index (χ4v) is 2.71. The van der Waals surface area contributed by atoms with Crippen LogP contribution in [0.25, 0.3) is 0 Å². The number of nitrogens with zero attached hydrogens (tertiary/aromatic N) is 1. The number of anilines is 2. The highest BCUT2D eigenvalue weighted by atomic mass is 19.1. The molecule has 1 atom stereocenters. The summed E-state index contributed by atoms with van der Waals surface area (Å²) in [6.45, 7) is 8.87. The van der Waals surface area contributed by atoms with Crippen molar-refractivity contribution in [1.29, 1.82) is 0 Å². The second kappa shape index (κ2) is 6.02. The van der Waals surface area contributed by atoms with Crippen molar-refractivity contribution in [1.82, 2.24) is 4.90 Å². The molecular formula is C16H24FN3O. The molecule has 1 saturated heterocycles. The van der Waals surface area contributed by atoms with Gasteiger partial charge < -0.3 is 11.1 Å². The van der Waals surface area contributed by atoms with Crippen LogP contribution in [0.3, 0.4) is 0 Å². The van der Waals surface area contributed by atoms with Crippen molar-refractivity contribution in [3.63, 3.8) is 0 Å². The number of rotatable bonds is 3. The first-order valence-electron chi connectivity index (χ1n) is 7.33. The number of halogens is 1. The van der Waals surface area contributed by atoms with Crippen LogP contribution in [0.2, 0.25) is 0 Å². The molecular weight excluding hydrogens is 269 g/mol. The molecule has 0 spiro atoms. The van der Waals surface area contributed by atoms with E-state index in [1.54, 1.807) is 0 Å². The first-order chi connectivity index (χ1) is 9.75. The Labute approximate surface area is 125 Å². The average molecular weight is 293 g/mol. The first-order valence-corrected chi connectivity index (χ1v) is 7.33. The largest absolute Gasteiger partial charge is 0.397 e. The molecule has 5 heteroatoms. The van der Waals surface area contributed by atoms with E-state index in [2.05, 4.69) is 31.0 Å². The van der Waals surface area contributed by atoms with E-state index in [9.17, 15) is 9.18 Å².